The first-order valence-corrected chi connectivity index (χ1v) is 5.10. The molecule has 1 aromatic rings. The van der Waals surface area contributed by atoms with Crippen LogP contribution in [-0.2, 0) is 5.41 Å². The van der Waals surface area contributed by atoms with Crippen molar-refractivity contribution < 1.29 is 5.11 Å². The number of hydrogen-bond acceptors (Lipinski definition) is 3. The third-order valence-corrected chi connectivity index (χ3v) is 3.81. The van der Waals surface area contributed by atoms with Crippen LogP contribution >= 0.6 is 27.3 Å². The van der Waals surface area contributed by atoms with Gasteiger partial charge in [0.2, 0.25) is 0 Å². The van der Waals surface area contributed by atoms with E-state index in [0.29, 0.717) is 0 Å². The van der Waals surface area contributed by atoms with E-state index in [1.165, 1.54) is 0 Å². The zero-order chi connectivity index (χ0) is 7.90. The maximum absolute atomic E-state index is 9.07. The highest BCUT2D eigenvalue weighted by atomic mass is 79.9. The molecule has 1 N–H and O–H groups in total. The Balaban J connectivity index is 2.29. The number of aromatic nitrogens is 1. The summed E-state index contributed by atoms with van der Waals surface area (Å²) < 4.78 is 1.05. The Morgan fingerprint density at radius 2 is 2.45 bits per heavy atom. The molecular weight excluding hydrogens is 226 g/mol. The fourth-order valence-electron chi connectivity index (χ4n) is 1.09. The van der Waals surface area contributed by atoms with Gasteiger partial charge < -0.3 is 5.11 Å². The van der Waals surface area contributed by atoms with E-state index in [1.807, 2.05) is 0 Å². The Kier molecular flexibility index (Phi) is 1.78. The molecule has 1 fully saturated rings. The second-order valence-electron chi connectivity index (χ2n) is 2.91. The van der Waals surface area contributed by atoms with Crippen molar-refractivity contribution in [3.8, 4) is 0 Å². The van der Waals surface area contributed by atoms with Gasteiger partial charge in [0.15, 0.2) is 0 Å². The van der Waals surface area contributed by atoms with E-state index in [2.05, 4.69) is 20.9 Å². The SMILES string of the molecule is OCC1(c2ncc(Br)s2)CC1. The van der Waals surface area contributed by atoms with E-state index in [9.17, 15) is 0 Å². The number of hydrogen-bond donors (Lipinski definition) is 1. The summed E-state index contributed by atoms with van der Waals surface area (Å²) >= 11 is 4.98. The van der Waals surface area contributed by atoms with Crippen LogP contribution in [0, 0.1) is 0 Å². The van der Waals surface area contributed by atoms with E-state index in [1.54, 1.807) is 17.5 Å². The maximum Gasteiger partial charge on any atom is 0.102 e. The van der Waals surface area contributed by atoms with Crippen molar-refractivity contribution in [1.82, 2.24) is 4.98 Å². The highest BCUT2D eigenvalue weighted by molar-refractivity contribution is 9.11. The van der Waals surface area contributed by atoms with E-state index >= 15 is 0 Å². The van der Waals surface area contributed by atoms with Crippen LogP contribution in [0.3, 0.4) is 0 Å². The van der Waals surface area contributed by atoms with Gasteiger partial charge >= 0.3 is 0 Å². The molecule has 0 unspecified atom stereocenters. The lowest BCUT2D eigenvalue weighted by atomic mass is 10.1. The fourth-order valence-corrected chi connectivity index (χ4v) is 2.53. The average Bonchev–Trinajstić information content (AvgIpc) is 2.70. The largest absolute Gasteiger partial charge is 0.395 e. The summed E-state index contributed by atoms with van der Waals surface area (Å²) in [5.41, 5.74) is 0.0384. The molecule has 0 radical (unpaired) electrons. The molecule has 60 valence electrons. The number of nitrogens with zero attached hydrogens (tertiary/aromatic N) is 1. The third kappa shape index (κ3) is 1.23. The Bertz CT molecular complexity index is 269. The topological polar surface area (TPSA) is 33.1 Å². The van der Waals surface area contributed by atoms with Gasteiger partial charge in [0, 0.05) is 5.41 Å². The Labute approximate surface area is 77.4 Å². The maximum atomic E-state index is 9.07. The molecule has 1 aliphatic rings. The zero-order valence-corrected chi connectivity index (χ0v) is 8.28. The molecule has 1 aromatic heterocycles. The summed E-state index contributed by atoms with van der Waals surface area (Å²) in [6.45, 7) is 0.243. The molecule has 2 nitrogen and oxygen atoms in total. The van der Waals surface area contributed by atoms with Crippen LogP contribution in [0.5, 0.6) is 0 Å². The molecule has 2 rings (SSSR count). The van der Waals surface area contributed by atoms with Crippen molar-refractivity contribution in [2.24, 2.45) is 0 Å². The van der Waals surface area contributed by atoms with Gasteiger partial charge in [0.25, 0.3) is 0 Å². The van der Waals surface area contributed by atoms with Crippen LogP contribution in [0.25, 0.3) is 0 Å². The van der Waals surface area contributed by atoms with Crippen molar-refractivity contribution in [3.05, 3.63) is 15.0 Å². The van der Waals surface area contributed by atoms with Crippen molar-refractivity contribution in [2.45, 2.75) is 18.3 Å². The highest BCUT2D eigenvalue weighted by Gasteiger charge is 2.46. The molecule has 0 amide bonds. The number of thiazole rings is 1. The van der Waals surface area contributed by atoms with Crippen LogP contribution in [0.15, 0.2) is 9.98 Å². The van der Waals surface area contributed by atoms with Crippen LogP contribution in [0.4, 0.5) is 0 Å². The molecule has 1 heterocycles. The number of aliphatic hydroxyl groups is 1. The zero-order valence-electron chi connectivity index (χ0n) is 5.88. The predicted molar refractivity (Wildman–Crippen MR) is 47.8 cm³/mol. The fraction of sp³-hybridized carbons (Fsp3) is 0.571. The lowest BCUT2D eigenvalue weighted by molar-refractivity contribution is 0.255. The van der Waals surface area contributed by atoms with Crippen LogP contribution in [0.2, 0.25) is 0 Å². The van der Waals surface area contributed by atoms with Gasteiger partial charge in [-0.25, -0.2) is 4.98 Å². The highest BCUT2D eigenvalue weighted by Crippen LogP contribution is 2.49. The third-order valence-electron chi connectivity index (χ3n) is 2.09. The molecule has 1 aliphatic carbocycles. The Morgan fingerprint density at radius 1 is 1.73 bits per heavy atom. The first-order valence-electron chi connectivity index (χ1n) is 3.49. The smallest absolute Gasteiger partial charge is 0.102 e. The van der Waals surface area contributed by atoms with Crippen LogP contribution in [-0.4, -0.2) is 16.7 Å². The molecular formula is C7H8BrNOS. The van der Waals surface area contributed by atoms with Gasteiger partial charge in [-0.05, 0) is 28.8 Å². The van der Waals surface area contributed by atoms with Crippen molar-refractivity contribution in [1.29, 1.82) is 0 Å². The number of aliphatic hydroxyl groups excluding tert-OH is 1. The van der Waals surface area contributed by atoms with Crippen molar-refractivity contribution in [3.63, 3.8) is 0 Å². The van der Waals surface area contributed by atoms with Gasteiger partial charge in [-0.2, -0.15) is 0 Å². The molecule has 11 heavy (non-hydrogen) atoms. The van der Waals surface area contributed by atoms with E-state index in [-0.39, 0.29) is 12.0 Å². The molecule has 0 bridgehead atoms. The molecule has 0 aliphatic heterocycles. The molecule has 0 saturated heterocycles. The Hall–Kier alpha value is 0.0700. The number of rotatable bonds is 2. The van der Waals surface area contributed by atoms with E-state index in [0.717, 1.165) is 21.6 Å². The molecule has 1 saturated carbocycles. The van der Waals surface area contributed by atoms with Gasteiger partial charge in [0.05, 0.1) is 16.6 Å². The molecule has 0 spiro atoms. The summed E-state index contributed by atoms with van der Waals surface area (Å²) in [5.74, 6) is 0. The first-order chi connectivity index (χ1) is 5.27. The van der Waals surface area contributed by atoms with Gasteiger partial charge in [-0.1, -0.05) is 0 Å². The summed E-state index contributed by atoms with van der Waals surface area (Å²) in [4.78, 5) is 4.23. The summed E-state index contributed by atoms with van der Waals surface area (Å²) in [5, 5.41) is 10.1. The minimum Gasteiger partial charge on any atom is -0.395 e. The van der Waals surface area contributed by atoms with Gasteiger partial charge in [-0.15, -0.1) is 11.3 Å². The van der Waals surface area contributed by atoms with Crippen LogP contribution < -0.4 is 0 Å². The lowest BCUT2D eigenvalue weighted by Crippen LogP contribution is -2.10. The second-order valence-corrected chi connectivity index (χ2v) is 5.32. The normalized spacial score (nSPS) is 20.2. The van der Waals surface area contributed by atoms with Gasteiger partial charge in [-0.3, -0.25) is 0 Å². The second kappa shape index (κ2) is 2.54. The predicted octanol–water partition coefficient (Wildman–Crippen LogP) is 1.93. The van der Waals surface area contributed by atoms with Crippen molar-refractivity contribution >= 4 is 27.3 Å². The first kappa shape index (κ1) is 7.71. The summed E-state index contributed by atoms with van der Waals surface area (Å²) in [6.07, 6.45) is 3.97. The monoisotopic (exact) mass is 233 g/mol. The van der Waals surface area contributed by atoms with E-state index < -0.39 is 0 Å². The Morgan fingerprint density at radius 3 is 2.82 bits per heavy atom. The van der Waals surface area contributed by atoms with Crippen molar-refractivity contribution in [2.75, 3.05) is 6.61 Å². The summed E-state index contributed by atoms with van der Waals surface area (Å²) in [6, 6.07) is 0. The molecule has 0 atom stereocenters. The molecule has 4 heteroatoms. The minimum absolute atomic E-state index is 0.0384. The molecule has 0 aromatic carbocycles. The van der Waals surface area contributed by atoms with E-state index in [4.69, 9.17) is 5.11 Å². The number of halogens is 1. The minimum atomic E-state index is 0.0384. The summed E-state index contributed by atoms with van der Waals surface area (Å²) in [7, 11) is 0. The standard InChI is InChI=1S/C7H8BrNOS/c8-5-3-9-6(11-5)7(4-10)1-2-7/h3,10H,1-2,4H2. The van der Waals surface area contributed by atoms with Gasteiger partial charge in [0.1, 0.15) is 5.01 Å². The lowest BCUT2D eigenvalue weighted by Gasteiger charge is -2.04. The van der Waals surface area contributed by atoms with Crippen LogP contribution in [0.1, 0.15) is 17.8 Å². The average molecular weight is 234 g/mol. The quantitative estimate of drug-likeness (QED) is 0.848.